The van der Waals surface area contributed by atoms with Crippen LogP contribution in [0.1, 0.15) is 79.4 Å². The molecule has 306 valence electrons. The molecule has 4 fully saturated rings. The van der Waals surface area contributed by atoms with Gasteiger partial charge in [-0.05, 0) is 81.3 Å². The first kappa shape index (κ1) is 38.6. The molecule has 2 N–H and O–H groups in total. The lowest BCUT2D eigenvalue weighted by Gasteiger charge is -2.46. The lowest BCUT2D eigenvalue weighted by molar-refractivity contribution is -0.134. The summed E-state index contributed by atoms with van der Waals surface area (Å²) < 4.78 is 39.7. The topological polar surface area (TPSA) is 134 Å². The number of carbonyl (C=O) groups excluding carboxylic acids is 3. The number of nitrogens with one attached hydrogen (secondary N) is 2. The SMILES string of the molecule is [C-]#[N+]c1cnn2c(C(=O)Nc3cc4cn(C5CCC(N6CCN(C7CCN(c8cc(F)c([C@H]9CCC(=O)NC9=O)c(F)c8)CC7)CC6)CC5)nc4cc3OC)ccc2c1. The number of hydrogen-bond donors (Lipinski definition) is 2. The number of piperazine rings is 1. The predicted molar refractivity (Wildman–Crippen MR) is 217 cm³/mol. The fraction of sp³-hybridized carbons (Fsp3) is 0.442. The maximum Gasteiger partial charge on any atom is 0.274 e. The van der Waals surface area contributed by atoms with E-state index >= 15 is 8.78 Å². The normalized spacial score (nSPS) is 22.4. The average Bonchev–Trinajstić information content (AvgIpc) is 3.88. The number of ether oxygens (including phenoxy) is 1. The number of imide groups is 1. The highest BCUT2D eigenvalue weighted by Gasteiger charge is 2.35. The van der Waals surface area contributed by atoms with Gasteiger partial charge in [0, 0.05) is 86.7 Å². The summed E-state index contributed by atoms with van der Waals surface area (Å²) >= 11 is 0. The quantitative estimate of drug-likeness (QED) is 0.142. The van der Waals surface area contributed by atoms with E-state index in [0.29, 0.717) is 59.2 Å². The van der Waals surface area contributed by atoms with Gasteiger partial charge in [0.25, 0.3) is 5.91 Å². The second-order valence-electron chi connectivity index (χ2n) is 16.1. The third-order valence-electron chi connectivity index (χ3n) is 12.8. The predicted octanol–water partition coefficient (Wildman–Crippen LogP) is 6.06. The molecule has 1 saturated carbocycles. The van der Waals surface area contributed by atoms with Crippen molar-refractivity contribution in [3.8, 4) is 5.75 Å². The molecule has 14 nitrogen and oxygen atoms in total. The maximum atomic E-state index is 15.2. The molecular weight excluding hydrogens is 759 g/mol. The Labute approximate surface area is 339 Å². The van der Waals surface area contributed by atoms with Gasteiger partial charge in [0.2, 0.25) is 17.5 Å². The fourth-order valence-electron chi connectivity index (χ4n) is 9.63. The molecule has 3 saturated heterocycles. The van der Waals surface area contributed by atoms with Crippen LogP contribution in [-0.2, 0) is 9.59 Å². The lowest BCUT2D eigenvalue weighted by Crippen LogP contribution is -2.55. The number of rotatable bonds is 8. The Bertz CT molecular complexity index is 2450. The highest BCUT2D eigenvalue weighted by atomic mass is 19.1. The average molecular weight is 805 g/mol. The summed E-state index contributed by atoms with van der Waals surface area (Å²) in [5.41, 5.74) is 2.98. The minimum Gasteiger partial charge on any atom is -0.494 e. The van der Waals surface area contributed by atoms with Crippen LogP contribution < -0.4 is 20.3 Å². The molecule has 6 heterocycles. The Balaban J connectivity index is 0.759. The number of methoxy groups -OCH3 is 1. The molecule has 0 unspecified atom stereocenters. The smallest absolute Gasteiger partial charge is 0.274 e. The number of anilines is 2. The number of hydrogen-bond acceptors (Lipinski definition) is 9. The van der Waals surface area contributed by atoms with E-state index in [1.54, 1.807) is 25.3 Å². The molecule has 3 aromatic heterocycles. The number of benzene rings is 2. The van der Waals surface area contributed by atoms with Crippen LogP contribution in [0.3, 0.4) is 0 Å². The first-order valence-corrected chi connectivity index (χ1v) is 20.4. The van der Waals surface area contributed by atoms with Gasteiger partial charge in [-0.3, -0.25) is 34.2 Å². The van der Waals surface area contributed by atoms with Gasteiger partial charge in [-0.2, -0.15) is 10.2 Å². The van der Waals surface area contributed by atoms with Crippen molar-refractivity contribution < 1.29 is 27.9 Å². The summed E-state index contributed by atoms with van der Waals surface area (Å²) in [5, 5.41) is 15.3. The summed E-state index contributed by atoms with van der Waals surface area (Å²) in [7, 11) is 1.57. The van der Waals surface area contributed by atoms with Crippen molar-refractivity contribution in [2.24, 2.45) is 0 Å². The van der Waals surface area contributed by atoms with Crippen LogP contribution >= 0.6 is 0 Å². The molecule has 5 aromatic rings. The van der Waals surface area contributed by atoms with E-state index in [2.05, 4.69) is 41.3 Å². The fourth-order valence-corrected chi connectivity index (χ4v) is 9.63. The summed E-state index contributed by atoms with van der Waals surface area (Å²) in [4.78, 5) is 47.8. The number of carbonyl (C=O) groups is 3. The number of nitrogens with zero attached hydrogens (tertiary/aromatic N) is 8. The number of aromatic nitrogens is 4. The number of halogens is 2. The van der Waals surface area contributed by atoms with E-state index in [4.69, 9.17) is 16.4 Å². The molecule has 3 aliphatic heterocycles. The molecule has 0 spiro atoms. The van der Waals surface area contributed by atoms with E-state index in [9.17, 15) is 14.4 Å². The van der Waals surface area contributed by atoms with Gasteiger partial charge in [-0.1, -0.05) is 0 Å². The minimum atomic E-state index is -0.999. The van der Waals surface area contributed by atoms with Crippen molar-refractivity contribution in [2.45, 2.75) is 75.4 Å². The first-order chi connectivity index (χ1) is 28.6. The maximum absolute atomic E-state index is 15.2. The third kappa shape index (κ3) is 7.60. The Morgan fingerprint density at radius 1 is 0.881 bits per heavy atom. The minimum absolute atomic E-state index is 0.0648. The van der Waals surface area contributed by atoms with E-state index in [1.807, 2.05) is 17.0 Å². The molecule has 2 aromatic carbocycles. The summed E-state index contributed by atoms with van der Waals surface area (Å²) in [6.07, 6.45) is 9.72. The largest absolute Gasteiger partial charge is 0.494 e. The number of fused-ring (bicyclic) bond motifs is 2. The van der Waals surface area contributed by atoms with Crippen LogP contribution in [0.15, 0.2) is 54.9 Å². The number of piperidine rings is 2. The molecule has 0 radical (unpaired) electrons. The zero-order chi connectivity index (χ0) is 40.8. The molecule has 9 rings (SSSR count). The summed E-state index contributed by atoms with van der Waals surface area (Å²) in [6, 6.07) is 12.8. The van der Waals surface area contributed by atoms with Crippen molar-refractivity contribution in [1.29, 1.82) is 0 Å². The third-order valence-corrected chi connectivity index (χ3v) is 12.8. The molecule has 0 bridgehead atoms. The van der Waals surface area contributed by atoms with Crippen LogP contribution in [0, 0.1) is 18.2 Å². The van der Waals surface area contributed by atoms with Gasteiger partial charge in [0.1, 0.15) is 23.1 Å². The highest BCUT2D eigenvalue weighted by Crippen LogP contribution is 2.37. The van der Waals surface area contributed by atoms with Gasteiger partial charge >= 0.3 is 0 Å². The molecular formula is C43H46F2N10O4. The van der Waals surface area contributed by atoms with Gasteiger partial charge < -0.3 is 15.0 Å². The Hall–Kier alpha value is -5.92. The zero-order valence-electron chi connectivity index (χ0n) is 32.9. The van der Waals surface area contributed by atoms with Crippen molar-refractivity contribution in [3.63, 3.8) is 0 Å². The van der Waals surface area contributed by atoms with Crippen LogP contribution in [-0.4, -0.2) is 105 Å². The summed E-state index contributed by atoms with van der Waals surface area (Å²) in [6.45, 7) is 12.7. The Kier molecular flexibility index (Phi) is 10.5. The molecule has 3 amide bonds. The molecule has 1 aliphatic carbocycles. The van der Waals surface area contributed by atoms with Crippen LogP contribution in [0.5, 0.6) is 5.75 Å². The van der Waals surface area contributed by atoms with E-state index in [-0.39, 0.29) is 30.4 Å². The molecule has 4 aliphatic rings. The summed E-state index contributed by atoms with van der Waals surface area (Å²) in [5.74, 6) is -3.37. The Morgan fingerprint density at radius 2 is 1.56 bits per heavy atom. The van der Waals surface area contributed by atoms with E-state index in [1.165, 1.54) is 22.8 Å². The van der Waals surface area contributed by atoms with Crippen LogP contribution in [0.25, 0.3) is 21.3 Å². The first-order valence-electron chi connectivity index (χ1n) is 20.4. The van der Waals surface area contributed by atoms with Gasteiger partial charge in [-0.25, -0.2) is 18.1 Å². The van der Waals surface area contributed by atoms with Crippen molar-refractivity contribution in [1.82, 2.24) is 34.5 Å². The number of amides is 3. The zero-order valence-corrected chi connectivity index (χ0v) is 32.9. The van der Waals surface area contributed by atoms with E-state index in [0.717, 1.165) is 75.6 Å². The monoisotopic (exact) mass is 804 g/mol. The standard InChI is InChI=1S/C43H46F2N10O4/c1-46-27-20-31-7-9-38(55(31)47-24-27)43(58)48-37-19-26-25-54(50-36(26)23-39(37)59-2)30-5-3-28(4-6-30)52-15-17-53(18-16-52)29-11-13-51(14-12-29)32-21-34(44)41(35(45)22-32)33-8-10-40(56)49-42(33)57/h7,9,19-25,28-30,33H,3-6,8,10-18H2,2H3,(H,48,58)(H,49,56,57)/t28?,30?,33-/m1/s1. The molecule has 1 atom stereocenters. The lowest BCUT2D eigenvalue weighted by atomic mass is 9.89. The highest BCUT2D eigenvalue weighted by molar-refractivity contribution is 6.06. The second kappa shape index (κ2) is 16.0. The van der Waals surface area contributed by atoms with Crippen LogP contribution in [0.4, 0.5) is 25.8 Å². The van der Waals surface area contributed by atoms with Crippen molar-refractivity contribution in [3.05, 3.63) is 89.2 Å². The molecule has 16 heteroatoms. The molecule has 59 heavy (non-hydrogen) atoms. The van der Waals surface area contributed by atoms with Crippen LogP contribution in [0.2, 0.25) is 0 Å². The Morgan fingerprint density at radius 3 is 2.22 bits per heavy atom. The van der Waals surface area contributed by atoms with Gasteiger partial charge in [0.15, 0.2) is 0 Å². The second-order valence-corrected chi connectivity index (χ2v) is 16.1. The van der Waals surface area contributed by atoms with Gasteiger partial charge in [0.05, 0.1) is 48.6 Å². The van der Waals surface area contributed by atoms with Gasteiger partial charge in [-0.15, -0.1) is 0 Å². The van der Waals surface area contributed by atoms with Crippen molar-refractivity contribution >= 4 is 51.2 Å². The van der Waals surface area contributed by atoms with E-state index < -0.39 is 29.4 Å². The van der Waals surface area contributed by atoms with Crippen molar-refractivity contribution in [2.75, 3.05) is 56.6 Å².